The highest BCUT2D eigenvalue weighted by Crippen LogP contribution is 2.34. The number of halogens is 3. The third-order valence-corrected chi connectivity index (χ3v) is 3.60. The van der Waals surface area contributed by atoms with Crippen molar-refractivity contribution in [1.29, 1.82) is 0 Å². The van der Waals surface area contributed by atoms with E-state index < -0.39 is 11.6 Å². The monoisotopic (exact) mass is 356 g/mol. The van der Waals surface area contributed by atoms with Crippen LogP contribution in [0.2, 0.25) is 10.0 Å². The Kier molecular flexibility index (Phi) is 5.28. The van der Waals surface area contributed by atoms with E-state index in [9.17, 15) is 9.90 Å². The van der Waals surface area contributed by atoms with E-state index in [0.717, 1.165) is 0 Å². The van der Waals surface area contributed by atoms with E-state index in [1.54, 1.807) is 6.07 Å². The number of methoxy groups -OCH3 is 1. The van der Waals surface area contributed by atoms with E-state index in [1.807, 2.05) is 0 Å². The molecule has 0 spiro atoms. The summed E-state index contributed by atoms with van der Waals surface area (Å²) in [6.45, 7) is 0.991. The highest BCUT2D eigenvalue weighted by molar-refractivity contribution is 9.10. The van der Waals surface area contributed by atoms with Gasteiger partial charge in [0.2, 0.25) is 0 Å². The van der Waals surface area contributed by atoms with Gasteiger partial charge in [0.25, 0.3) is 0 Å². The normalized spacial score (nSPS) is 13.9. The van der Waals surface area contributed by atoms with Crippen molar-refractivity contribution < 1.29 is 19.4 Å². The summed E-state index contributed by atoms with van der Waals surface area (Å²) in [4.78, 5) is 11.2. The van der Waals surface area contributed by atoms with Crippen LogP contribution in [0.5, 0.6) is 5.75 Å². The lowest BCUT2D eigenvalue weighted by Gasteiger charge is -2.21. The van der Waals surface area contributed by atoms with Gasteiger partial charge in [-0.05, 0) is 28.9 Å². The van der Waals surface area contributed by atoms with Crippen LogP contribution in [0.25, 0.3) is 0 Å². The zero-order valence-corrected chi connectivity index (χ0v) is 12.8. The summed E-state index contributed by atoms with van der Waals surface area (Å²) in [6, 6.07) is 3.05. The second-order valence-corrected chi connectivity index (χ2v) is 5.42. The molecule has 18 heavy (non-hydrogen) atoms. The van der Waals surface area contributed by atoms with E-state index >= 15 is 0 Å². The van der Waals surface area contributed by atoms with Crippen molar-refractivity contribution in [2.24, 2.45) is 0 Å². The Bertz CT molecular complexity index is 463. The average Bonchev–Trinajstić information content (AvgIpc) is 2.31. The topological polar surface area (TPSA) is 55.8 Å². The molecule has 1 aromatic rings. The molecule has 1 unspecified atom stereocenters. The summed E-state index contributed by atoms with van der Waals surface area (Å²) < 4.78 is 10.3. The Labute approximate surface area is 123 Å². The van der Waals surface area contributed by atoms with Gasteiger partial charge >= 0.3 is 5.97 Å². The van der Waals surface area contributed by atoms with Crippen LogP contribution in [0.1, 0.15) is 6.92 Å². The van der Waals surface area contributed by atoms with Crippen LogP contribution in [0.15, 0.2) is 16.6 Å². The molecule has 4 nitrogen and oxygen atoms in total. The molecule has 0 aliphatic rings. The number of aliphatic hydroxyl groups is 1. The fraction of sp³-hybridized carbons (Fsp3) is 0.364. The van der Waals surface area contributed by atoms with Crippen LogP contribution in [-0.2, 0) is 9.53 Å². The zero-order chi connectivity index (χ0) is 13.9. The van der Waals surface area contributed by atoms with Crippen molar-refractivity contribution in [1.82, 2.24) is 0 Å². The summed E-state index contributed by atoms with van der Waals surface area (Å²) in [5.41, 5.74) is -1.75. The van der Waals surface area contributed by atoms with Gasteiger partial charge in [-0.15, -0.1) is 0 Å². The quantitative estimate of drug-likeness (QED) is 0.664. The number of esters is 1. The first-order chi connectivity index (χ1) is 8.27. The lowest BCUT2D eigenvalue weighted by atomic mass is 10.1. The number of carbonyl (C=O) groups excluding carboxylic acids is 1. The fourth-order valence-corrected chi connectivity index (χ4v) is 1.96. The minimum Gasteiger partial charge on any atom is -0.488 e. The highest BCUT2D eigenvalue weighted by Gasteiger charge is 2.32. The van der Waals surface area contributed by atoms with Crippen LogP contribution in [0.4, 0.5) is 0 Å². The van der Waals surface area contributed by atoms with Crippen LogP contribution >= 0.6 is 39.1 Å². The molecular formula is C11H11BrCl2O4. The van der Waals surface area contributed by atoms with E-state index in [2.05, 4.69) is 20.7 Å². The van der Waals surface area contributed by atoms with E-state index in [-0.39, 0.29) is 12.4 Å². The number of rotatable bonds is 4. The fourth-order valence-electron chi connectivity index (χ4n) is 1.11. The smallest absolute Gasteiger partial charge is 0.341 e. The molecular weight excluding hydrogens is 347 g/mol. The van der Waals surface area contributed by atoms with Crippen LogP contribution < -0.4 is 4.74 Å². The van der Waals surface area contributed by atoms with Crippen molar-refractivity contribution in [3.8, 4) is 5.75 Å². The predicted octanol–water partition coefficient (Wildman–Crippen LogP) is 3.06. The minimum absolute atomic E-state index is 0.272. The van der Waals surface area contributed by atoms with Gasteiger partial charge in [0.1, 0.15) is 12.4 Å². The van der Waals surface area contributed by atoms with Gasteiger partial charge in [-0.2, -0.15) is 0 Å². The lowest BCUT2D eigenvalue weighted by molar-refractivity contribution is -0.163. The molecule has 0 fully saturated rings. The van der Waals surface area contributed by atoms with Crippen LogP contribution in [-0.4, -0.2) is 30.4 Å². The minimum atomic E-state index is -1.75. The molecule has 0 aromatic heterocycles. The molecule has 0 saturated carbocycles. The lowest BCUT2D eigenvalue weighted by Crippen LogP contribution is -2.42. The van der Waals surface area contributed by atoms with Crippen LogP contribution in [0.3, 0.4) is 0 Å². The molecule has 100 valence electrons. The summed E-state index contributed by atoms with van der Waals surface area (Å²) >= 11 is 15.0. The first-order valence-corrected chi connectivity index (χ1v) is 6.41. The number of benzene rings is 1. The van der Waals surface area contributed by atoms with E-state index in [1.165, 1.54) is 20.1 Å². The van der Waals surface area contributed by atoms with E-state index in [4.69, 9.17) is 27.9 Å². The first kappa shape index (κ1) is 15.6. The molecule has 1 rings (SSSR count). The summed E-state index contributed by atoms with van der Waals surface area (Å²) in [6.07, 6.45) is 0. The SMILES string of the molecule is COC(=O)C(C)(O)COc1cc(Cl)c(Br)cc1Cl. The van der Waals surface area contributed by atoms with E-state index in [0.29, 0.717) is 14.5 Å². The van der Waals surface area contributed by atoms with Crippen LogP contribution in [0, 0.1) is 0 Å². The maximum Gasteiger partial charge on any atom is 0.341 e. The predicted molar refractivity (Wildman–Crippen MR) is 72.3 cm³/mol. The Morgan fingerprint density at radius 1 is 1.44 bits per heavy atom. The van der Waals surface area contributed by atoms with Gasteiger partial charge < -0.3 is 14.6 Å². The summed E-state index contributed by atoms with van der Waals surface area (Å²) in [5.74, 6) is -0.518. The molecule has 0 saturated heterocycles. The maximum absolute atomic E-state index is 11.2. The van der Waals surface area contributed by atoms with Gasteiger partial charge in [0, 0.05) is 10.5 Å². The molecule has 0 bridgehead atoms. The molecule has 1 atom stereocenters. The Morgan fingerprint density at radius 3 is 2.61 bits per heavy atom. The molecule has 0 radical (unpaired) electrons. The zero-order valence-electron chi connectivity index (χ0n) is 9.67. The molecule has 1 N–H and O–H groups in total. The molecule has 0 heterocycles. The number of ether oxygens (including phenoxy) is 2. The van der Waals surface area contributed by atoms with Crippen molar-refractivity contribution in [2.45, 2.75) is 12.5 Å². The van der Waals surface area contributed by atoms with Crippen molar-refractivity contribution >= 4 is 45.1 Å². The number of hydrogen-bond acceptors (Lipinski definition) is 4. The van der Waals surface area contributed by atoms with Crippen molar-refractivity contribution in [3.05, 3.63) is 26.7 Å². The number of hydrogen-bond donors (Lipinski definition) is 1. The third kappa shape index (κ3) is 3.75. The highest BCUT2D eigenvalue weighted by atomic mass is 79.9. The Morgan fingerprint density at radius 2 is 2.06 bits per heavy atom. The molecule has 0 amide bonds. The third-order valence-electron chi connectivity index (χ3n) is 2.11. The summed E-state index contributed by atoms with van der Waals surface area (Å²) in [7, 11) is 1.18. The van der Waals surface area contributed by atoms with Gasteiger partial charge in [-0.3, -0.25) is 0 Å². The largest absolute Gasteiger partial charge is 0.488 e. The van der Waals surface area contributed by atoms with Crippen molar-refractivity contribution in [2.75, 3.05) is 13.7 Å². The van der Waals surface area contributed by atoms with Crippen molar-refractivity contribution in [3.63, 3.8) is 0 Å². The summed E-state index contributed by atoms with van der Waals surface area (Å²) in [5, 5.41) is 10.5. The Balaban J connectivity index is 2.81. The molecule has 0 aliphatic carbocycles. The Hall–Kier alpha value is -0.490. The van der Waals surface area contributed by atoms with Gasteiger partial charge in [-0.1, -0.05) is 23.2 Å². The average molecular weight is 358 g/mol. The number of carbonyl (C=O) groups is 1. The first-order valence-electron chi connectivity index (χ1n) is 4.86. The molecule has 7 heteroatoms. The van der Waals surface area contributed by atoms with Gasteiger partial charge in [-0.25, -0.2) is 4.79 Å². The standard InChI is InChI=1S/C11H11BrCl2O4/c1-11(16,10(15)17-2)5-18-9-4-7(13)6(12)3-8(9)14/h3-4,16H,5H2,1-2H3. The van der Waals surface area contributed by atoms with Gasteiger partial charge in [0.05, 0.1) is 17.2 Å². The van der Waals surface area contributed by atoms with Gasteiger partial charge in [0.15, 0.2) is 5.60 Å². The molecule has 1 aromatic carbocycles. The second-order valence-electron chi connectivity index (χ2n) is 3.75. The molecule has 0 aliphatic heterocycles. The second kappa shape index (κ2) is 6.10. The maximum atomic E-state index is 11.2.